The number of aliphatic carboxylic acids is 1. The first-order valence-corrected chi connectivity index (χ1v) is 4.47. The third kappa shape index (κ3) is 1.23. The summed E-state index contributed by atoms with van der Waals surface area (Å²) in [5.74, 6) is -0.822. The average Bonchev–Trinajstić information content (AvgIpc) is 2.43. The van der Waals surface area contributed by atoms with Gasteiger partial charge in [0.2, 0.25) is 0 Å². The van der Waals surface area contributed by atoms with Gasteiger partial charge in [0.05, 0.1) is 5.41 Å². The number of aromatic nitrogens is 3. The molecule has 2 rings (SSSR count). The van der Waals surface area contributed by atoms with E-state index in [1.807, 2.05) is 0 Å². The van der Waals surface area contributed by atoms with E-state index in [0.717, 1.165) is 6.42 Å². The zero-order chi connectivity index (χ0) is 10.2. The molecule has 0 amide bonds. The fourth-order valence-corrected chi connectivity index (χ4v) is 1.75. The van der Waals surface area contributed by atoms with Crippen molar-refractivity contribution in [2.75, 3.05) is 0 Å². The summed E-state index contributed by atoms with van der Waals surface area (Å²) in [4.78, 5) is 22.1. The van der Waals surface area contributed by atoms with Gasteiger partial charge >= 0.3 is 11.7 Å². The van der Waals surface area contributed by atoms with Crippen LogP contribution in [0.15, 0.2) is 11.1 Å². The summed E-state index contributed by atoms with van der Waals surface area (Å²) in [6.07, 6.45) is 3.53. The molecule has 0 atom stereocenters. The summed E-state index contributed by atoms with van der Waals surface area (Å²) in [6, 6.07) is 0. The molecule has 1 aromatic heterocycles. The molecule has 76 valence electrons. The number of hydrogen-bond acceptors (Lipinski definition) is 3. The molecule has 1 saturated carbocycles. The Morgan fingerprint density at radius 2 is 2.43 bits per heavy atom. The first-order chi connectivity index (χ1) is 6.64. The van der Waals surface area contributed by atoms with Gasteiger partial charge in [-0.3, -0.25) is 9.36 Å². The predicted octanol–water partition coefficient (Wildman–Crippen LogP) is -0.174. The van der Waals surface area contributed by atoms with E-state index < -0.39 is 11.4 Å². The van der Waals surface area contributed by atoms with E-state index in [1.54, 1.807) is 0 Å². The van der Waals surface area contributed by atoms with Crippen molar-refractivity contribution in [3.05, 3.63) is 16.8 Å². The Balaban J connectivity index is 2.21. The van der Waals surface area contributed by atoms with Gasteiger partial charge in [-0.15, -0.1) is 0 Å². The maximum Gasteiger partial charge on any atom is 0.343 e. The molecule has 6 nitrogen and oxygen atoms in total. The lowest BCUT2D eigenvalue weighted by molar-refractivity contribution is -0.155. The van der Waals surface area contributed by atoms with Crippen LogP contribution < -0.4 is 5.69 Å². The van der Waals surface area contributed by atoms with Gasteiger partial charge < -0.3 is 5.11 Å². The molecule has 1 fully saturated rings. The molecule has 6 heteroatoms. The topological polar surface area (TPSA) is 88.0 Å². The molecule has 2 N–H and O–H groups in total. The maximum absolute atomic E-state index is 11.1. The summed E-state index contributed by atoms with van der Waals surface area (Å²) >= 11 is 0. The molecular weight excluding hydrogens is 186 g/mol. The predicted molar refractivity (Wildman–Crippen MR) is 46.8 cm³/mol. The van der Waals surface area contributed by atoms with Crippen LogP contribution >= 0.6 is 0 Å². The highest BCUT2D eigenvalue weighted by Crippen LogP contribution is 2.42. The highest BCUT2D eigenvalue weighted by molar-refractivity contribution is 5.75. The number of H-pyrrole nitrogens is 1. The second-order valence-electron chi connectivity index (χ2n) is 3.73. The van der Waals surface area contributed by atoms with Crippen LogP contribution in [0.2, 0.25) is 0 Å². The quantitative estimate of drug-likeness (QED) is 0.703. The average molecular weight is 197 g/mol. The van der Waals surface area contributed by atoms with Crippen molar-refractivity contribution < 1.29 is 9.90 Å². The second kappa shape index (κ2) is 2.97. The molecule has 1 aliphatic carbocycles. The van der Waals surface area contributed by atoms with Gasteiger partial charge in [-0.2, -0.15) is 5.10 Å². The lowest BCUT2D eigenvalue weighted by Crippen LogP contribution is -2.43. The van der Waals surface area contributed by atoms with Gasteiger partial charge in [0.15, 0.2) is 0 Å². The number of nitrogens with one attached hydrogen (secondary N) is 1. The van der Waals surface area contributed by atoms with Crippen LogP contribution in [0, 0.1) is 5.41 Å². The van der Waals surface area contributed by atoms with Crippen molar-refractivity contribution in [3.8, 4) is 0 Å². The van der Waals surface area contributed by atoms with Crippen LogP contribution in [-0.2, 0) is 11.3 Å². The Morgan fingerprint density at radius 1 is 1.71 bits per heavy atom. The number of nitrogens with zero attached hydrogens (tertiary/aromatic N) is 2. The zero-order valence-corrected chi connectivity index (χ0v) is 7.56. The smallest absolute Gasteiger partial charge is 0.343 e. The summed E-state index contributed by atoms with van der Waals surface area (Å²) in [5, 5.41) is 14.8. The SMILES string of the molecule is O=C(O)C1(Cn2cn[nH]c2=O)CCC1. The molecule has 1 heterocycles. The van der Waals surface area contributed by atoms with Gasteiger partial charge in [-0.05, 0) is 12.8 Å². The number of hydrogen-bond donors (Lipinski definition) is 2. The highest BCUT2D eigenvalue weighted by atomic mass is 16.4. The van der Waals surface area contributed by atoms with Crippen molar-refractivity contribution in [1.82, 2.24) is 14.8 Å². The van der Waals surface area contributed by atoms with Crippen LogP contribution in [0.3, 0.4) is 0 Å². The molecule has 0 spiro atoms. The molecule has 0 unspecified atom stereocenters. The molecular formula is C8H11N3O3. The van der Waals surface area contributed by atoms with Crippen molar-refractivity contribution in [2.45, 2.75) is 25.8 Å². The molecule has 1 aliphatic rings. The summed E-state index contributed by atoms with van der Waals surface area (Å²) in [5.41, 5.74) is -1.09. The Kier molecular flexibility index (Phi) is 1.90. The van der Waals surface area contributed by atoms with E-state index in [9.17, 15) is 9.59 Å². The third-order valence-corrected chi connectivity index (χ3v) is 2.86. The Hall–Kier alpha value is -1.59. The van der Waals surface area contributed by atoms with Gasteiger partial charge in [0.1, 0.15) is 6.33 Å². The van der Waals surface area contributed by atoms with Crippen LogP contribution in [0.5, 0.6) is 0 Å². The molecule has 14 heavy (non-hydrogen) atoms. The molecule has 0 aliphatic heterocycles. The van der Waals surface area contributed by atoms with Gasteiger partial charge in [0, 0.05) is 6.54 Å². The Morgan fingerprint density at radius 3 is 2.79 bits per heavy atom. The minimum Gasteiger partial charge on any atom is -0.481 e. The first-order valence-electron chi connectivity index (χ1n) is 4.47. The zero-order valence-electron chi connectivity index (χ0n) is 7.56. The molecule has 1 aromatic rings. The molecule has 0 saturated heterocycles. The van der Waals surface area contributed by atoms with Crippen molar-refractivity contribution in [1.29, 1.82) is 0 Å². The highest BCUT2D eigenvalue weighted by Gasteiger charge is 2.44. The monoisotopic (exact) mass is 197 g/mol. The van der Waals surface area contributed by atoms with E-state index in [-0.39, 0.29) is 12.2 Å². The largest absolute Gasteiger partial charge is 0.481 e. The Bertz CT molecular complexity index is 402. The molecule has 0 radical (unpaired) electrons. The van der Waals surface area contributed by atoms with Crippen LogP contribution in [0.25, 0.3) is 0 Å². The normalized spacial score (nSPS) is 18.9. The van der Waals surface area contributed by atoms with E-state index in [2.05, 4.69) is 10.2 Å². The third-order valence-electron chi connectivity index (χ3n) is 2.86. The fourth-order valence-electron chi connectivity index (χ4n) is 1.75. The van der Waals surface area contributed by atoms with E-state index in [1.165, 1.54) is 10.9 Å². The van der Waals surface area contributed by atoms with Crippen LogP contribution in [-0.4, -0.2) is 25.8 Å². The summed E-state index contributed by atoms with van der Waals surface area (Å²) < 4.78 is 1.31. The fraction of sp³-hybridized carbons (Fsp3) is 0.625. The maximum atomic E-state index is 11.1. The van der Waals surface area contributed by atoms with E-state index >= 15 is 0 Å². The number of carboxylic acids is 1. The van der Waals surface area contributed by atoms with Gasteiger partial charge in [-0.1, -0.05) is 6.42 Å². The number of rotatable bonds is 3. The minimum atomic E-state index is -0.822. The summed E-state index contributed by atoms with van der Waals surface area (Å²) in [7, 11) is 0. The van der Waals surface area contributed by atoms with Crippen LogP contribution in [0.1, 0.15) is 19.3 Å². The number of carboxylic acid groups (broad SMARTS) is 1. The van der Waals surface area contributed by atoms with Crippen LogP contribution in [0.4, 0.5) is 0 Å². The van der Waals surface area contributed by atoms with Gasteiger partial charge in [-0.25, -0.2) is 9.89 Å². The molecule has 0 aromatic carbocycles. The standard InChI is InChI=1S/C8H11N3O3/c12-6(13)8(2-1-3-8)4-11-5-9-10-7(11)14/h5H,1-4H2,(H,10,14)(H,12,13). The number of aromatic amines is 1. The second-order valence-corrected chi connectivity index (χ2v) is 3.73. The van der Waals surface area contributed by atoms with Crippen molar-refractivity contribution >= 4 is 5.97 Å². The van der Waals surface area contributed by atoms with E-state index in [0.29, 0.717) is 12.8 Å². The Labute approximate surface area is 79.6 Å². The molecule has 0 bridgehead atoms. The summed E-state index contributed by atoms with van der Waals surface area (Å²) in [6.45, 7) is 0.220. The van der Waals surface area contributed by atoms with Gasteiger partial charge in [0.25, 0.3) is 0 Å². The van der Waals surface area contributed by atoms with E-state index in [4.69, 9.17) is 5.11 Å². The first kappa shape index (κ1) is 8.98. The minimum absolute atomic E-state index is 0.220. The van der Waals surface area contributed by atoms with Crippen molar-refractivity contribution in [3.63, 3.8) is 0 Å². The lowest BCUT2D eigenvalue weighted by Gasteiger charge is -2.37. The number of carbonyl (C=O) groups is 1. The lowest BCUT2D eigenvalue weighted by atomic mass is 9.69. The van der Waals surface area contributed by atoms with Crippen molar-refractivity contribution in [2.24, 2.45) is 5.41 Å².